The maximum Gasteiger partial charge on any atom is 0.241 e. The molecule has 1 saturated carbocycles. The van der Waals surface area contributed by atoms with Crippen molar-refractivity contribution >= 4 is 0 Å². The Bertz CT molecular complexity index is 499. The van der Waals surface area contributed by atoms with Gasteiger partial charge in [0.2, 0.25) is 11.8 Å². The minimum atomic E-state index is -0.999. The Balaban J connectivity index is 2.50. The molecule has 21 heavy (non-hydrogen) atoms. The summed E-state index contributed by atoms with van der Waals surface area (Å²) in [6.07, 6.45) is 5.34. The molecule has 2 atom stereocenters. The Morgan fingerprint density at radius 2 is 1.95 bits per heavy atom. The first-order valence-electron chi connectivity index (χ1n) is 7.51. The molecule has 118 valence electrons. The number of aromatic nitrogens is 2. The van der Waals surface area contributed by atoms with Crippen LogP contribution in [0.2, 0.25) is 0 Å². The van der Waals surface area contributed by atoms with Crippen molar-refractivity contribution in [3.05, 3.63) is 11.9 Å². The van der Waals surface area contributed by atoms with Crippen molar-refractivity contribution in [3.63, 3.8) is 0 Å². The van der Waals surface area contributed by atoms with Gasteiger partial charge in [0, 0.05) is 0 Å². The van der Waals surface area contributed by atoms with Crippen LogP contribution in [0.25, 0.3) is 0 Å². The van der Waals surface area contributed by atoms with Crippen LogP contribution in [0.5, 0.6) is 11.8 Å². The Kier molecular flexibility index (Phi) is 4.42. The Labute approximate surface area is 126 Å². The number of ether oxygens (including phenoxy) is 2. The molecule has 1 aromatic heterocycles. The maximum absolute atomic E-state index is 11.4. The average Bonchev–Trinajstić information content (AvgIpc) is 2.45. The molecule has 2 rings (SSSR count). The van der Waals surface area contributed by atoms with E-state index in [1.807, 2.05) is 0 Å². The van der Waals surface area contributed by atoms with Gasteiger partial charge in [-0.2, -0.15) is 4.98 Å². The van der Waals surface area contributed by atoms with E-state index in [1.165, 1.54) is 7.11 Å². The van der Waals surface area contributed by atoms with Gasteiger partial charge in [-0.25, -0.2) is 4.98 Å². The highest BCUT2D eigenvalue weighted by atomic mass is 16.5. The Morgan fingerprint density at radius 1 is 1.24 bits per heavy atom. The molecule has 0 aliphatic heterocycles. The van der Waals surface area contributed by atoms with Gasteiger partial charge < -0.3 is 14.6 Å². The van der Waals surface area contributed by atoms with Crippen LogP contribution in [-0.2, 0) is 5.60 Å². The zero-order valence-electron chi connectivity index (χ0n) is 13.6. The highest BCUT2D eigenvalue weighted by molar-refractivity contribution is 5.30. The number of rotatable bonds is 3. The van der Waals surface area contributed by atoms with Crippen LogP contribution < -0.4 is 9.47 Å². The first-order chi connectivity index (χ1) is 9.82. The number of hydrogen-bond acceptors (Lipinski definition) is 5. The van der Waals surface area contributed by atoms with Crippen LogP contribution in [0.1, 0.15) is 52.1 Å². The van der Waals surface area contributed by atoms with E-state index < -0.39 is 5.60 Å². The molecule has 0 bridgehead atoms. The molecule has 0 saturated heterocycles. The summed E-state index contributed by atoms with van der Waals surface area (Å²) in [7, 11) is 3.08. The van der Waals surface area contributed by atoms with E-state index in [1.54, 1.807) is 13.3 Å². The fourth-order valence-electron chi connectivity index (χ4n) is 3.48. The molecular formula is C16H26N2O3. The zero-order valence-corrected chi connectivity index (χ0v) is 13.6. The van der Waals surface area contributed by atoms with Crippen LogP contribution in [0.15, 0.2) is 6.20 Å². The quantitative estimate of drug-likeness (QED) is 0.928. The molecule has 0 aromatic carbocycles. The lowest BCUT2D eigenvalue weighted by Crippen LogP contribution is -2.45. The van der Waals surface area contributed by atoms with Crippen molar-refractivity contribution in [2.45, 2.75) is 52.1 Å². The Morgan fingerprint density at radius 3 is 2.52 bits per heavy atom. The largest absolute Gasteiger partial charge is 0.480 e. The molecule has 0 radical (unpaired) electrons. The number of nitrogens with zero attached hydrogens (tertiary/aromatic N) is 2. The minimum absolute atomic E-state index is 0.0121. The van der Waals surface area contributed by atoms with Crippen LogP contribution in [0, 0.1) is 11.3 Å². The van der Waals surface area contributed by atoms with Crippen LogP contribution >= 0.6 is 0 Å². The van der Waals surface area contributed by atoms with Crippen molar-refractivity contribution in [3.8, 4) is 11.8 Å². The molecule has 1 aromatic rings. The van der Waals surface area contributed by atoms with Gasteiger partial charge in [0.05, 0.1) is 20.4 Å². The van der Waals surface area contributed by atoms with E-state index in [9.17, 15) is 5.11 Å². The van der Waals surface area contributed by atoms with Crippen LogP contribution in [-0.4, -0.2) is 29.3 Å². The summed E-state index contributed by atoms with van der Waals surface area (Å²) >= 11 is 0. The van der Waals surface area contributed by atoms with Gasteiger partial charge in [-0.05, 0) is 24.2 Å². The van der Waals surface area contributed by atoms with Crippen molar-refractivity contribution in [1.29, 1.82) is 0 Å². The molecule has 1 aliphatic carbocycles. The van der Waals surface area contributed by atoms with Crippen molar-refractivity contribution in [2.24, 2.45) is 11.3 Å². The molecule has 5 heteroatoms. The highest BCUT2D eigenvalue weighted by Gasteiger charge is 2.48. The third-order valence-corrected chi connectivity index (χ3v) is 4.45. The standard InChI is InChI=1S/C16H26N2O3/c1-15(2,3)11-8-6-7-9-16(11,19)13-14(21-5)18-12(20-4)10-17-13/h10-11,19H,6-9H2,1-5H3. The third kappa shape index (κ3) is 2.98. The predicted molar refractivity (Wildman–Crippen MR) is 80.4 cm³/mol. The zero-order chi connectivity index (χ0) is 15.7. The van der Waals surface area contributed by atoms with Gasteiger partial charge in [-0.1, -0.05) is 33.6 Å². The summed E-state index contributed by atoms with van der Waals surface area (Å²) in [6, 6.07) is 0. The molecule has 1 heterocycles. The number of hydrogen-bond donors (Lipinski definition) is 1. The van der Waals surface area contributed by atoms with Crippen molar-refractivity contribution in [1.82, 2.24) is 9.97 Å². The number of aliphatic hydroxyl groups is 1. The molecule has 1 fully saturated rings. The first-order valence-corrected chi connectivity index (χ1v) is 7.51. The molecule has 1 aliphatic rings. The maximum atomic E-state index is 11.4. The fraction of sp³-hybridized carbons (Fsp3) is 0.750. The van der Waals surface area contributed by atoms with E-state index in [4.69, 9.17) is 9.47 Å². The van der Waals surface area contributed by atoms with E-state index in [0.29, 0.717) is 23.9 Å². The van der Waals surface area contributed by atoms with E-state index in [-0.39, 0.29) is 11.3 Å². The van der Waals surface area contributed by atoms with Gasteiger partial charge in [0.1, 0.15) is 11.3 Å². The summed E-state index contributed by atoms with van der Waals surface area (Å²) in [6.45, 7) is 6.49. The molecular weight excluding hydrogens is 268 g/mol. The topological polar surface area (TPSA) is 64.5 Å². The average molecular weight is 294 g/mol. The molecule has 1 N–H and O–H groups in total. The minimum Gasteiger partial charge on any atom is -0.480 e. The lowest BCUT2D eigenvalue weighted by molar-refractivity contribution is -0.100. The van der Waals surface area contributed by atoms with Gasteiger partial charge >= 0.3 is 0 Å². The third-order valence-electron chi connectivity index (χ3n) is 4.45. The van der Waals surface area contributed by atoms with Crippen LogP contribution in [0.4, 0.5) is 0 Å². The second kappa shape index (κ2) is 5.79. The molecule has 2 unspecified atom stereocenters. The number of methoxy groups -OCH3 is 2. The lowest BCUT2D eigenvalue weighted by atomic mass is 9.62. The summed E-state index contributed by atoms with van der Waals surface area (Å²) in [5, 5.41) is 11.4. The van der Waals surface area contributed by atoms with Gasteiger partial charge in [0.25, 0.3) is 0 Å². The highest BCUT2D eigenvalue weighted by Crippen LogP contribution is 2.50. The molecule has 5 nitrogen and oxygen atoms in total. The van der Waals surface area contributed by atoms with Crippen molar-refractivity contribution < 1.29 is 14.6 Å². The van der Waals surface area contributed by atoms with Gasteiger partial charge in [-0.15, -0.1) is 0 Å². The van der Waals surface area contributed by atoms with Gasteiger partial charge in [0.15, 0.2) is 0 Å². The summed E-state index contributed by atoms with van der Waals surface area (Å²) in [5.74, 6) is 0.866. The van der Waals surface area contributed by atoms with Crippen molar-refractivity contribution in [2.75, 3.05) is 14.2 Å². The molecule has 0 spiro atoms. The SMILES string of the molecule is COc1cnc(C2(O)CCCCC2C(C)(C)C)c(OC)n1. The van der Waals surface area contributed by atoms with E-state index in [2.05, 4.69) is 30.7 Å². The van der Waals surface area contributed by atoms with Crippen LogP contribution in [0.3, 0.4) is 0 Å². The second-order valence-electron chi connectivity index (χ2n) is 6.86. The summed E-state index contributed by atoms with van der Waals surface area (Å²) in [4.78, 5) is 8.70. The lowest BCUT2D eigenvalue weighted by Gasteiger charge is -2.46. The smallest absolute Gasteiger partial charge is 0.241 e. The summed E-state index contributed by atoms with van der Waals surface area (Å²) in [5.41, 5.74) is -0.478. The predicted octanol–water partition coefficient (Wildman–Crippen LogP) is 2.92. The monoisotopic (exact) mass is 294 g/mol. The van der Waals surface area contributed by atoms with E-state index >= 15 is 0 Å². The normalized spacial score (nSPS) is 26.5. The second-order valence-corrected chi connectivity index (χ2v) is 6.86. The van der Waals surface area contributed by atoms with Gasteiger partial charge in [-0.3, -0.25) is 0 Å². The first kappa shape index (κ1) is 16.0. The fourth-order valence-corrected chi connectivity index (χ4v) is 3.48. The summed E-state index contributed by atoms with van der Waals surface area (Å²) < 4.78 is 10.4. The Hall–Kier alpha value is -1.36. The van der Waals surface area contributed by atoms with E-state index in [0.717, 1.165) is 19.3 Å². The molecule has 0 amide bonds.